The molecule has 2 aromatic carbocycles. The molecule has 2 heteroatoms. The first-order valence-corrected chi connectivity index (χ1v) is 6.73. The monoisotopic (exact) mass is 266 g/mol. The highest BCUT2D eigenvalue weighted by atomic mass is 16.5. The number of benzene rings is 2. The summed E-state index contributed by atoms with van der Waals surface area (Å²) in [5.41, 5.74) is 1.74. The van der Waals surface area contributed by atoms with Crippen molar-refractivity contribution >= 4 is 12.0 Å². The first-order valence-electron chi connectivity index (χ1n) is 6.73. The lowest BCUT2D eigenvalue weighted by atomic mass is 10.2. The Labute approximate surface area is 119 Å². The average molecular weight is 266 g/mol. The molecule has 0 aromatic heterocycles. The Morgan fingerprint density at radius 2 is 1.65 bits per heavy atom. The largest absolute Gasteiger partial charge is 0.459 e. The van der Waals surface area contributed by atoms with Gasteiger partial charge in [-0.3, -0.25) is 0 Å². The Balaban J connectivity index is 1.82. The van der Waals surface area contributed by atoms with E-state index in [9.17, 15) is 4.79 Å². The minimum atomic E-state index is -0.272. The standard InChI is InChI=1S/C18H18O2/c1-15(9-8-12-16-10-4-2-5-11-16)20-18(19)17-13-6-3-7-14-17/h2-8,10-15H,9H2,1H3/b12-8+. The molecule has 0 radical (unpaired) electrons. The average Bonchev–Trinajstić information content (AvgIpc) is 2.49. The van der Waals surface area contributed by atoms with E-state index in [1.807, 2.05) is 67.6 Å². The smallest absolute Gasteiger partial charge is 0.338 e. The van der Waals surface area contributed by atoms with E-state index in [0.29, 0.717) is 12.0 Å². The topological polar surface area (TPSA) is 26.3 Å². The summed E-state index contributed by atoms with van der Waals surface area (Å²) < 4.78 is 5.38. The minimum Gasteiger partial charge on any atom is -0.459 e. The molecule has 0 heterocycles. The molecule has 0 saturated carbocycles. The third-order valence-corrected chi connectivity index (χ3v) is 2.90. The van der Waals surface area contributed by atoms with Gasteiger partial charge in [0.2, 0.25) is 0 Å². The predicted octanol–water partition coefficient (Wildman–Crippen LogP) is 4.34. The van der Waals surface area contributed by atoms with E-state index in [1.54, 1.807) is 12.1 Å². The Morgan fingerprint density at radius 1 is 1.05 bits per heavy atom. The first-order chi connectivity index (χ1) is 9.75. The van der Waals surface area contributed by atoms with Crippen LogP contribution in [0.2, 0.25) is 0 Å². The van der Waals surface area contributed by atoms with Crippen molar-refractivity contribution in [3.05, 3.63) is 77.9 Å². The van der Waals surface area contributed by atoms with Crippen LogP contribution in [-0.4, -0.2) is 12.1 Å². The lowest BCUT2D eigenvalue weighted by Crippen LogP contribution is -2.14. The zero-order valence-electron chi connectivity index (χ0n) is 11.5. The Kier molecular flexibility index (Phi) is 5.13. The molecule has 102 valence electrons. The second-order valence-electron chi connectivity index (χ2n) is 4.63. The van der Waals surface area contributed by atoms with Crippen molar-refractivity contribution in [2.45, 2.75) is 19.4 Å². The quantitative estimate of drug-likeness (QED) is 0.753. The van der Waals surface area contributed by atoms with E-state index < -0.39 is 0 Å². The lowest BCUT2D eigenvalue weighted by Gasteiger charge is -2.11. The lowest BCUT2D eigenvalue weighted by molar-refractivity contribution is 0.0348. The van der Waals surface area contributed by atoms with Crippen molar-refractivity contribution in [1.82, 2.24) is 0 Å². The van der Waals surface area contributed by atoms with E-state index in [4.69, 9.17) is 4.74 Å². The number of carbonyl (C=O) groups excluding carboxylic acids is 1. The van der Waals surface area contributed by atoms with Gasteiger partial charge in [0.15, 0.2) is 0 Å². The van der Waals surface area contributed by atoms with E-state index in [2.05, 4.69) is 0 Å². The summed E-state index contributed by atoms with van der Waals surface area (Å²) in [5, 5.41) is 0. The van der Waals surface area contributed by atoms with Gasteiger partial charge in [-0.2, -0.15) is 0 Å². The molecular formula is C18H18O2. The predicted molar refractivity (Wildman–Crippen MR) is 81.4 cm³/mol. The van der Waals surface area contributed by atoms with Crippen molar-refractivity contribution in [3.8, 4) is 0 Å². The number of rotatable bonds is 5. The van der Waals surface area contributed by atoms with E-state index in [1.165, 1.54) is 0 Å². The number of hydrogen-bond acceptors (Lipinski definition) is 2. The molecule has 0 N–H and O–H groups in total. The second-order valence-corrected chi connectivity index (χ2v) is 4.63. The molecule has 20 heavy (non-hydrogen) atoms. The normalized spacial score (nSPS) is 12.2. The molecule has 0 aliphatic heterocycles. The Bertz CT molecular complexity index is 558. The molecule has 0 aliphatic rings. The summed E-state index contributed by atoms with van der Waals surface area (Å²) in [6.45, 7) is 1.90. The highest BCUT2D eigenvalue weighted by Gasteiger charge is 2.09. The molecule has 2 aromatic rings. The molecule has 2 rings (SSSR count). The molecule has 1 atom stereocenters. The molecular weight excluding hydrogens is 248 g/mol. The SMILES string of the molecule is CC(C/C=C/c1ccccc1)OC(=O)c1ccccc1. The zero-order chi connectivity index (χ0) is 14.2. The fourth-order valence-electron chi connectivity index (χ4n) is 1.83. The third-order valence-electron chi connectivity index (χ3n) is 2.90. The van der Waals surface area contributed by atoms with Gasteiger partial charge in [0.05, 0.1) is 5.56 Å². The highest BCUT2D eigenvalue weighted by Crippen LogP contribution is 2.08. The molecule has 1 unspecified atom stereocenters. The van der Waals surface area contributed by atoms with Crippen LogP contribution < -0.4 is 0 Å². The van der Waals surface area contributed by atoms with Crippen LogP contribution in [0.5, 0.6) is 0 Å². The van der Waals surface area contributed by atoms with Crippen molar-refractivity contribution in [1.29, 1.82) is 0 Å². The van der Waals surface area contributed by atoms with Gasteiger partial charge in [-0.05, 0) is 24.6 Å². The van der Waals surface area contributed by atoms with Crippen molar-refractivity contribution in [2.24, 2.45) is 0 Å². The fraction of sp³-hybridized carbons (Fsp3) is 0.167. The highest BCUT2D eigenvalue weighted by molar-refractivity contribution is 5.89. The summed E-state index contributed by atoms with van der Waals surface area (Å²) in [5.74, 6) is -0.272. The van der Waals surface area contributed by atoms with Crippen molar-refractivity contribution in [3.63, 3.8) is 0 Å². The first kappa shape index (κ1) is 14.1. The maximum Gasteiger partial charge on any atom is 0.338 e. The summed E-state index contributed by atoms with van der Waals surface area (Å²) in [7, 11) is 0. The van der Waals surface area contributed by atoms with Gasteiger partial charge in [0.25, 0.3) is 0 Å². The summed E-state index contributed by atoms with van der Waals surface area (Å²) >= 11 is 0. The van der Waals surface area contributed by atoms with Crippen LogP contribution in [0.3, 0.4) is 0 Å². The van der Waals surface area contributed by atoms with E-state index in [-0.39, 0.29) is 12.1 Å². The summed E-state index contributed by atoms with van der Waals surface area (Å²) in [6, 6.07) is 19.1. The Morgan fingerprint density at radius 3 is 2.30 bits per heavy atom. The third kappa shape index (κ3) is 4.39. The number of carbonyl (C=O) groups is 1. The van der Waals surface area contributed by atoms with Gasteiger partial charge in [0.1, 0.15) is 6.10 Å². The molecule has 0 amide bonds. The van der Waals surface area contributed by atoms with Crippen molar-refractivity contribution in [2.75, 3.05) is 0 Å². The van der Waals surface area contributed by atoms with Gasteiger partial charge < -0.3 is 4.74 Å². The van der Waals surface area contributed by atoms with Crippen LogP contribution in [0.4, 0.5) is 0 Å². The molecule has 0 bridgehead atoms. The van der Waals surface area contributed by atoms with Gasteiger partial charge in [-0.1, -0.05) is 60.7 Å². The van der Waals surface area contributed by atoms with Crippen LogP contribution in [0.1, 0.15) is 29.3 Å². The van der Waals surface area contributed by atoms with Crippen molar-refractivity contribution < 1.29 is 9.53 Å². The van der Waals surface area contributed by atoms with Crippen LogP contribution in [-0.2, 0) is 4.74 Å². The van der Waals surface area contributed by atoms with Gasteiger partial charge >= 0.3 is 5.97 Å². The molecule has 2 nitrogen and oxygen atoms in total. The maximum absolute atomic E-state index is 11.8. The second kappa shape index (κ2) is 7.29. The Hall–Kier alpha value is -2.35. The van der Waals surface area contributed by atoms with Crippen LogP contribution in [0.15, 0.2) is 66.7 Å². The molecule has 0 saturated heterocycles. The molecule has 0 fully saturated rings. The zero-order valence-corrected chi connectivity index (χ0v) is 11.5. The van der Waals surface area contributed by atoms with E-state index >= 15 is 0 Å². The fourth-order valence-corrected chi connectivity index (χ4v) is 1.83. The summed E-state index contributed by atoms with van der Waals surface area (Å²) in [6.07, 6.45) is 4.63. The van der Waals surface area contributed by atoms with Crippen LogP contribution >= 0.6 is 0 Å². The van der Waals surface area contributed by atoms with Crippen LogP contribution in [0.25, 0.3) is 6.08 Å². The number of esters is 1. The number of ether oxygens (including phenoxy) is 1. The number of hydrogen-bond donors (Lipinski definition) is 0. The minimum absolute atomic E-state index is 0.136. The maximum atomic E-state index is 11.8. The summed E-state index contributed by atoms with van der Waals surface area (Å²) in [4.78, 5) is 11.8. The molecule has 0 spiro atoms. The van der Waals surface area contributed by atoms with Gasteiger partial charge in [0, 0.05) is 6.42 Å². The van der Waals surface area contributed by atoms with E-state index in [0.717, 1.165) is 5.56 Å². The van der Waals surface area contributed by atoms with Crippen LogP contribution in [0, 0.1) is 0 Å². The van der Waals surface area contributed by atoms with Gasteiger partial charge in [-0.15, -0.1) is 0 Å². The molecule has 0 aliphatic carbocycles. The van der Waals surface area contributed by atoms with Gasteiger partial charge in [-0.25, -0.2) is 4.79 Å².